The number of carbonyl (C=O) groups is 1. The van der Waals surface area contributed by atoms with Gasteiger partial charge in [-0.3, -0.25) is 0 Å². The van der Waals surface area contributed by atoms with Gasteiger partial charge >= 0.3 is 6.09 Å². The number of hydrogen-bond donors (Lipinski definition) is 3. The van der Waals surface area contributed by atoms with Crippen molar-refractivity contribution in [2.24, 2.45) is 5.92 Å². The lowest BCUT2D eigenvalue weighted by atomic mass is 10.2. The average molecular weight is 222 g/mol. The normalized spacial score (nSPS) is 10.2. The van der Waals surface area contributed by atoms with Crippen molar-refractivity contribution in [3.63, 3.8) is 0 Å². The molecule has 0 spiro atoms. The molecule has 3 N–H and O–H groups in total. The van der Waals surface area contributed by atoms with Gasteiger partial charge in [-0.1, -0.05) is 26.0 Å². The molecule has 0 unspecified atom stereocenters. The summed E-state index contributed by atoms with van der Waals surface area (Å²) in [6, 6.07) is 7.75. The van der Waals surface area contributed by atoms with Crippen molar-refractivity contribution in [3.8, 4) is 0 Å². The van der Waals surface area contributed by atoms with Gasteiger partial charge in [-0.2, -0.15) is 0 Å². The van der Waals surface area contributed by atoms with Gasteiger partial charge in [0.1, 0.15) is 0 Å². The van der Waals surface area contributed by atoms with Crippen LogP contribution in [0.4, 0.5) is 10.5 Å². The van der Waals surface area contributed by atoms with E-state index < -0.39 is 6.09 Å². The first-order chi connectivity index (χ1) is 7.58. The maximum Gasteiger partial charge on any atom is 0.404 e. The Morgan fingerprint density at radius 2 is 1.94 bits per heavy atom. The summed E-state index contributed by atoms with van der Waals surface area (Å²) in [5, 5.41) is 14.1. The largest absolute Gasteiger partial charge is 0.465 e. The van der Waals surface area contributed by atoms with Gasteiger partial charge in [-0.05, 0) is 23.6 Å². The molecule has 0 aromatic heterocycles. The zero-order valence-electron chi connectivity index (χ0n) is 9.66. The molecule has 1 aromatic carbocycles. The van der Waals surface area contributed by atoms with Crippen LogP contribution in [-0.2, 0) is 6.54 Å². The molecule has 0 radical (unpaired) electrons. The van der Waals surface area contributed by atoms with E-state index >= 15 is 0 Å². The summed E-state index contributed by atoms with van der Waals surface area (Å²) in [7, 11) is 0. The summed E-state index contributed by atoms with van der Waals surface area (Å²) < 4.78 is 0. The number of benzene rings is 1. The molecule has 0 saturated heterocycles. The first-order valence-corrected chi connectivity index (χ1v) is 5.37. The Bertz CT molecular complexity index is 333. The van der Waals surface area contributed by atoms with Crippen molar-refractivity contribution in [3.05, 3.63) is 29.8 Å². The van der Waals surface area contributed by atoms with Crippen LogP contribution >= 0.6 is 0 Å². The zero-order chi connectivity index (χ0) is 12.0. The molecule has 0 heterocycles. The van der Waals surface area contributed by atoms with E-state index in [1.165, 1.54) is 0 Å². The summed E-state index contributed by atoms with van der Waals surface area (Å²) in [6.07, 6.45) is -0.998. The van der Waals surface area contributed by atoms with Gasteiger partial charge in [0.15, 0.2) is 0 Å². The third-order valence-corrected chi connectivity index (χ3v) is 2.11. The predicted octanol–water partition coefficient (Wildman–Crippen LogP) is 2.52. The third kappa shape index (κ3) is 4.68. The molecule has 88 valence electrons. The van der Waals surface area contributed by atoms with E-state index in [1.807, 2.05) is 24.3 Å². The minimum absolute atomic E-state index is 0.347. The predicted molar refractivity (Wildman–Crippen MR) is 64.6 cm³/mol. The molecule has 1 aromatic rings. The Labute approximate surface area is 95.7 Å². The fraction of sp³-hybridized carbons (Fsp3) is 0.417. The Hall–Kier alpha value is -1.71. The van der Waals surface area contributed by atoms with E-state index in [-0.39, 0.29) is 0 Å². The molecule has 0 aliphatic carbocycles. The highest BCUT2D eigenvalue weighted by molar-refractivity contribution is 5.64. The molecule has 4 heteroatoms. The van der Waals surface area contributed by atoms with Gasteiger partial charge in [-0.15, -0.1) is 0 Å². The van der Waals surface area contributed by atoms with Gasteiger partial charge < -0.3 is 15.7 Å². The summed E-state index contributed by atoms with van der Waals surface area (Å²) in [4.78, 5) is 10.3. The number of anilines is 1. The Morgan fingerprint density at radius 3 is 2.44 bits per heavy atom. The highest BCUT2D eigenvalue weighted by atomic mass is 16.4. The van der Waals surface area contributed by atoms with Crippen molar-refractivity contribution in [2.75, 3.05) is 11.9 Å². The Kier molecular flexibility index (Phi) is 4.64. The summed E-state index contributed by atoms with van der Waals surface area (Å²) >= 11 is 0. The first kappa shape index (κ1) is 12.4. The lowest BCUT2D eigenvalue weighted by Crippen LogP contribution is -2.19. The number of hydrogen-bond acceptors (Lipinski definition) is 2. The molecule has 0 atom stereocenters. The molecule has 0 bridgehead atoms. The second-order valence-electron chi connectivity index (χ2n) is 4.13. The molecule has 0 aliphatic rings. The summed E-state index contributed by atoms with van der Waals surface area (Å²) in [6.45, 7) is 5.59. The van der Waals surface area contributed by atoms with Crippen LogP contribution in [0.25, 0.3) is 0 Å². The van der Waals surface area contributed by atoms with Crippen molar-refractivity contribution in [1.82, 2.24) is 5.32 Å². The van der Waals surface area contributed by atoms with Crippen LogP contribution in [-0.4, -0.2) is 17.7 Å². The number of nitrogens with one attached hydrogen (secondary N) is 2. The van der Waals surface area contributed by atoms with Crippen LogP contribution in [0.3, 0.4) is 0 Å². The summed E-state index contributed by atoms with van der Waals surface area (Å²) in [5.41, 5.74) is 2.02. The summed E-state index contributed by atoms with van der Waals surface area (Å²) in [5.74, 6) is 0.605. The minimum atomic E-state index is -0.998. The van der Waals surface area contributed by atoms with Crippen molar-refractivity contribution in [2.45, 2.75) is 20.4 Å². The van der Waals surface area contributed by atoms with Gasteiger partial charge in [0, 0.05) is 18.8 Å². The highest BCUT2D eigenvalue weighted by Crippen LogP contribution is 2.10. The fourth-order valence-electron chi connectivity index (χ4n) is 1.24. The van der Waals surface area contributed by atoms with Crippen LogP contribution in [0.2, 0.25) is 0 Å². The highest BCUT2D eigenvalue weighted by Gasteiger charge is 1.98. The van der Waals surface area contributed by atoms with E-state index in [4.69, 9.17) is 5.11 Å². The standard InChI is InChI=1S/C12H18N2O2/c1-9(2)7-13-11-5-3-10(4-6-11)8-14-12(15)16/h3-6,9,13-14H,7-8H2,1-2H3,(H,15,16). The van der Waals surface area contributed by atoms with Crippen LogP contribution in [0.5, 0.6) is 0 Å². The second kappa shape index (κ2) is 6.00. The van der Waals surface area contributed by atoms with Crippen LogP contribution in [0.1, 0.15) is 19.4 Å². The third-order valence-electron chi connectivity index (χ3n) is 2.11. The Morgan fingerprint density at radius 1 is 1.31 bits per heavy atom. The number of rotatable bonds is 5. The lowest BCUT2D eigenvalue weighted by molar-refractivity contribution is 0.194. The maximum atomic E-state index is 10.3. The Balaban J connectivity index is 2.44. The van der Waals surface area contributed by atoms with Crippen molar-refractivity contribution < 1.29 is 9.90 Å². The molecule has 0 fully saturated rings. The van der Waals surface area contributed by atoms with Gasteiger partial charge in [0.25, 0.3) is 0 Å². The molecule has 1 rings (SSSR count). The second-order valence-corrected chi connectivity index (χ2v) is 4.13. The number of amides is 1. The van der Waals surface area contributed by atoms with E-state index in [1.54, 1.807) is 0 Å². The molecule has 0 aliphatic heterocycles. The van der Waals surface area contributed by atoms with E-state index in [9.17, 15) is 4.79 Å². The van der Waals surface area contributed by atoms with E-state index in [2.05, 4.69) is 24.5 Å². The van der Waals surface area contributed by atoms with E-state index in [0.29, 0.717) is 12.5 Å². The van der Waals surface area contributed by atoms with Crippen LogP contribution in [0, 0.1) is 5.92 Å². The monoisotopic (exact) mass is 222 g/mol. The molecule has 0 saturated carbocycles. The fourth-order valence-corrected chi connectivity index (χ4v) is 1.24. The van der Waals surface area contributed by atoms with Gasteiger partial charge in [0.2, 0.25) is 0 Å². The minimum Gasteiger partial charge on any atom is -0.465 e. The quantitative estimate of drug-likeness (QED) is 0.717. The first-order valence-electron chi connectivity index (χ1n) is 5.37. The molecular formula is C12H18N2O2. The molecule has 16 heavy (non-hydrogen) atoms. The SMILES string of the molecule is CC(C)CNc1ccc(CNC(=O)O)cc1. The zero-order valence-corrected chi connectivity index (χ0v) is 9.66. The maximum absolute atomic E-state index is 10.3. The average Bonchev–Trinajstić information content (AvgIpc) is 2.25. The molecule has 1 amide bonds. The van der Waals surface area contributed by atoms with Crippen LogP contribution < -0.4 is 10.6 Å². The van der Waals surface area contributed by atoms with Crippen molar-refractivity contribution >= 4 is 11.8 Å². The lowest BCUT2D eigenvalue weighted by Gasteiger charge is -2.09. The smallest absolute Gasteiger partial charge is 0.404 e. The topological polar surface area (TPSA) is 61.4 Å². The molecular weight excluding hydrogens is 204 g/mol. The van der Waals surface area contributed by atoms with Crippen LogP contribution in [0.15, 0.2) is 24.3 Å². The van der Waals surface area contributed by atoms with Gasteiger partial charge in [0.05, 0.1) is 0 Å². The van der Waals surface area contributed by atoms with Crippen molar-refractivity contribution in [1.29, 1.82) is 0 Å². The molecule has 4 nitrogen and oxygen atoms in total. The van der Waals surface area contributed by atoms with Gasteiger partial charge in [-0.25, -0.2) is 4.79 Å². The van der Waals surface area contributed by atoms with E-state index in [0.717, 1.165) is 17.8 Å². The number of carboxylic acid groups (broad SMARTS) is 1.